The van der Waals surface area contributed by atoms with Crippen LogP contribution >= 0.6 is 15.9 Å². The van der Waals surface area contributed by atoms with Crippen molar-refractivity contribution >= 4 is 15.9 Å². The first-order chi connectivity index (χ1) is 9.20. The van der Waals surface area contributed by atoms with Crippen LogP contribution in [0, 0.1) is 6.92 Å². The molecule has 0 amide bonds. The van der Waals surface area contributed by atoms with Crippen LogP contribution in [0.15, 0.2) is 39.2 Å². The van der Waals surface area contributed by atoms with Crippen LogP contribution in [-0.4, -0.2) is 12.6 Å². The summed E-state index contributed by atoms with van der Waals surface area (Å²) in [5, 5.41) is 3.38. The van der Waals surface area contributed by atoms with Gasteiger partial charge in [0.05, 0.1) is 6.54 Å². The summed E-state index contributed by atoms with van der Waals surface area (Å²) >= 11 is 3.49. The Hall–Kier alpha value is -1.26. The Morgan fingerprint density at radius 1 is 1.32 bits per heavy atom. The van der Waals surface area contributed by atoms with Crippen molar-refractivity contribution in [2.45, 2.75) is 26.0 Å². The van der Waals surface area contributed by atoms with Gasteiger partial charge in [-0.1, -0.05) is 15.9 Å². The molecule has 0 bridgehead atoms. The smallest absolute Gasteiger partial charge is 0.123 e. The predicted molar refractivity (Wildman–Crippen MR) is 77.4 cm³/mol. The highest BCUT2D eigenvalue weighted by Gasteiger charge is 2.22. The second-order valence-electron chi connectivity index (χ2n) is 4.84. The highest BCUT2D eigenvalue weighted by molar-refractivity contribution is 9.10. The van der Waals surface area contributed by atoms with Crippen LogP contribution in [0.3, 0.4) is 0 Å². The molecule has 1 aliphatic heterocycles. The number of hydrogen-bond donors (Lipinski definition) is 1. The zero-order valence-electron chi connectivity index (χ0n) is 10.8. The Bertz CT molecular complexity index is 579. The number of aryl methyl sites for hydroxylation is 1. The van der Waals surface area contributed by atoms with Gasteiger partial charge in [-0.25, -0.2) is 0 Å². The molecule has 100 valence electrons. The van der Waals surface area contributed by atoms with E-state index >= 15 is 0 Å². The average Bonchev–Trinajstić information content (AvgIpc) is 2.95. The molecule has 1 unspecified atom stereocenters. The molecule has 0 spiro atoms. The van der Waals surface area contributed by atoms with Crippen molar-refractivity contribution in [3.05, 3.63) is 51.9 Å². The van der Waals surface area contributed by atoms with E-state index in [4.69, 9.17) is 9.15 Å². The Morgan fingerprint density at radius 2 is 2.21 bits per heavy atom. The van der Waals surface area contributed by atoms with Crippen LogP contribution in [0.5, 0.6) is 5.75 Å². The number of rotatable bonds is 4. The molecule has 0 radical (unpaired) electrons. The maximum atomic E-state index is 5.89. The van der Waals surface area contributed by atoms with Gasteiger partial charge in [-0.3, -0.25) is 0 Å². The van der Waals surface area contributed by atoms with E-state index in [1.165, 1.54) is 5.56 Å². The van der Waals surface area contributed by atoms with Crippen molar-refractivity contribution < 1.29 is 9.15 Å². The third-order valence-corrected chi connectivity index (χ3v) is 3.72. The summed E-state index contributed by atoms with van der Waals surface area (Å²) < 4.78 is 12.5. The summed E-state index contributed by atoms with van der Waals surface area (Å²) in [5.74, 6) is 2.92. The maximum absolute atomic E-state index is 5.89. The molecule has 4 heteroatoms. The second-order valence-corrected chi connectivity index (χ2v) is 5.75. The molecule has 3 rings (SSSR count). The van der Waals surface area contributed by atoms with E-state index in [0.717, 1.165) is 41.3 Å². The summed E-state index contributed by atoms with van der Waals surface area (Å²) in [6, 6.07) is 10.2. The molecule has 0 fully saturated rings. The fraction of sp³-hybridized carbons (Fsp3) is 0.333. The summed E-state index contributed by atoms with van der Waals surface area (Å²) in [7, 11) is 0. The van der Waals surface area contributed by atoms with Gasteiger partial charge < -0.3 is 14.5 Å². The van der Waals surface area contributed by atoms with E-state index in [1.54, 1.807) is 0 Å². The lowest BCUT2D eigenvalue weighted by atomic mass is 10.1. The van der Waals surface area contributed by atoms with Crippen molar-refractivity contribution in [2.24, 2.45) is 0 Å². The Labute approximate surface area is 121 Å². The highest BCUT2D eigenvalue weighted by Crippen LogP contribution is 2.30. The van der Waals surface area contributed by atoms with Crippen molar-refractivity contribution in [3.63, 3.8) is 0 Å². The van der Waals surface area contributed by atoms with Gasteiger partial charge >= 0.3 is 0 Å². The van der Waals surface area contributed by atoms with E-state index in [2.05, 4.69) is 27.3 Å². The van der Waals surface area contributed by atoms with E-state index in [1.807, 2.05) is 31.2 Å². The molecule has 1 atom stereocenters. The molecule has 19 heavy (non-hydrogen) atoms. The van der Waals surface area contributed by atoms with Gasteiger partial charge in [0.2, 0.25) is 0 Å². The van der Waals surface area contributed by atoms with E-state index in [0.29, 0.717) is 0 Å². The largest absolute Gasteiger partial charge is 0.488 e. The van der Waals surface area contributed by atoms with Gasteiger partial charge in [0.25, 0.3) is 0 Å². The maximum Gasteiger partial charge on any atom is 0.123 e. The molecule has 0 saturated heterocycles. The molecule has 1 N–H and O–H groups in total. The number of halogens is 1. The minimum Gasteiger partial charge on any atom is -0.488 e. The molecular weight excluding hydrogens is 306 g/mol. The number of ether oxygens (including phenoxy) is 1. The molecule has 1 aromatic heterocycles. The standard InChI is InChI=1S/C15H16BrNO2/c1-10-2-4-13(18-10)8-17-9-14-7-11-6-12(16)3-5-15(11)19-14/h2-6,14,17H,7-9H2,1H3. The lowest BCUT2D eigenvalue weighted by molar-refractivity contribution is 0.225. The molecule has 1 aromatic carbocycles. The van der Waals surface area contributed by atoms with Crippen LogP contribution in [0.2, 0.25) is 0 Å². The van der Waals surface area contributed by atoms with Crippen LogP contribution in [0.1, 0.15) is 17.1 Å². The summed E-state index contributed by atoms with van der Waals surface area (Å²) in [5.41, 5.74) is 1.27. The third kappa shape index (κ3) is 3.01. The molecule has 2 heterocycles. The SMILES string of the molecule is Cc1ccc(CNCC2Cc3cc(Br)ccc3O2)o1. The number of hydrogen-bond acceptors (Lipinski definition) is 3. The fourth-order valence-corrected chi connectivity index (χ4v) is 2.75. The Balaban J connectivity index is 1.51. The molecule has 1 aliphatic rings. The van der Waals surface area contributed by atoms with Crippen molar-refractivity contribution in [1.82, 2.24) is 5.32 Å². The van der Waals surface area contributed by atoms with Gasteiger partial charge in [0.1, 0.15) is 23.4 Å². The first kappa shape index (κ1) is 12.8. The van der Waals surface area contributed by atoms with Crippen LogP contribution in [0.4, 0.5) is 0 Å². The van der Waals surface area contributed by atoms with Crippen LogP contribution in [-0.2, 0) is 13.0 Å². The van der Waals surface area contributed by atoms with E-state index in [9.17, 15) is 0 Å². The molecule has 0 aliphatic carbocycles. The second kappa shape index (κ2) is 5.39. The van der Waals surface area contributed by atoms with Gasteiger partial charge in [-0.2, -0.15) is 0 Å². The first-order valence-electron chi connectivity index (χ1n) is 6.42. The normalized spacial score (nSPS) is 17.3. The molecule has 0 saturated carbocycles. The van der Waals surface area contributed by atoms with Gasteiger partial charge in [-0.15, -0.1) is 0 Å². The van der Waals surface area contributed by atoms with Gasteiger partial charge in [0.15, 0.2) is 0 Å². The van der Waals surface area contributed by atoms with E-state index in [-0.39, 0.29) is 6.10 Å². The summed E-state index contributed by atoms with van der Waals surface area (Å²) in [4.78, 5) is 0. The molecule has 3 nitrogen and oxygen atoms in total. The molecule has 2 aromatic rings. The molecular formula is C15H16BrNO2. The zero-order chi connectivity index (χ0) is 13.2. The minimum absolute atomic E-state index is 0.209. The zero-order valence-corrected chi connectivity index (χ0v) is 12.4. The lowest BCUT2D eigenvalue weighted by Crippen LogP contribution is -2.29. The Kier molecular flexibility index (Phi) is 3.62. The topological polar surface area (TPSA) is 34.4 Å². The summed E-state index contributed by atoms with van der Waals surface area (Å²) in [6.07, 6.45) is 1.17. The van der Waals surface area contributed by atoms with E-state index < -0.39 is 0 Å². The van der Waals surface area contributed by atoms with Gasteiger partial charge in [0, 0.05) is 17.4 Å². The third-order valence-electron chi connectivity index (χ3n) is 3.23. The fourth-order valence-electron chi connectivity index (χ4n) is 2.34. The number of fused-ring (bicyclic) bond motifs is 1. The number of furan rings is 1. The average molecular weight is 322 g/mol. The van der Waals surface area contributed by atoms with Crippen LogP contribution < -0.4 is 10.1 Å². The lowest BCUT2D eigenvalue weighted by Gasteiger charge is -2.10. The van der Waals surface area contributed by atoms with Crippen molar-refractivity contribution in [3.8, 4) is 5.75 Å². The van der Waals surface area contributed by atoms with Crippen LogP contribution in [0.25, 0.3) is 0 Å². The predicted octanol–water partition coefficient (Wildman–Crippen LogP) is 3.44. The minimum atomic E-state index is 0.209. The number of nitrogens with one attached hydrogen (secondary N) is 1. The summed E-state index contributed by atoms with van der Waals surface area (Å²) in [6.45, 7) is 3.53. The first-order valence-corrected chi connectivity index (χ1v) is 7.21. The Morgan fingerprint density at radius 3 is 3.00 bits per heavy atom. The quantitative estimate of drug-likeness (QED) is 0.936. The van der Waals surface area contributed by atoms with Crippen molar-refractivity contribution in [1.29, 1.82) is 0 Å². The van der Waals surface area contributed by atoms with Crippen molar-refractivity contribution in [2.75, 3.05) is 6.54 Å². The monoisotopic (exact) mass is 321 g/mol. The highest BCUT2D eigenvalue weighted by atomic mass is 79.9. The number of benzene rings is 1. The van der Waals surface area contributed by atoms with Gasteiger partial charge in [-0.05, 0) is 42.8 Å².